The molecule has 1 aliphatic rings. The Bertz CT molecular complexity index is 615. The minimum absolute atomic E-state index is 0. The SMILES string of the molecule is CN=C(NCCCCn1c(C)cccc1=O)NCCCOC1CCOC1.I. The molecule has 0 amide bonds. The van der Waals surface area contributed by atoms with Crippen molar-refractivity contribution in [1.82, 2.24) is 15.2 Å². The lowest BCUT2D eigenvalue weighted by molar-refractivity contribution is 0.0420. The summed E-state index contributed by atoms with van der Waals surface area (Å²) in [4.78, 5) is 16.0. The Morgan fingerprint density at radius 2 is 2.07 bits per heavy atom. The van der Waals surface area contributed by atoms with Crippen molar-refractivity contribution in [2.75, 3.05) is 40.0 Å². The summed E-state index contributed by atoms with van der Waals surface area (Å²) in [6, 6.07) is 5.38. The summed E-state index contributed by atoms with van der Waals surface area (Å²) < 4.78 is 12.8. The number of guanidine groups is 1. The zero-order chi connectivity index (χ0) is 18.6. The summed E-state index contributed by atoms with van der Waals surface area (Å²) >= 11 is 0. The average Bonchev–Trinajstić information content (AvgIpc) is 3.15. The summed E-state index contributed by atoms with van der Waals surface area (Å²) in [5, 5.41) is 6.60. The van der Waals surface area contributed by atoms with E-state index < -0.39 is 0 Å². The van der Waals surface area contributed by atoms with Gasteiger partial charge in [-0.2, -0.15) is 0 Å². The number of rotatable bonds is 10. The van der Waals surface area contributed by atoms with Gasteiger partial charge in [-0.3, -0.25) is 9.79 Å². The molecule has 1 aromatic rings. The predicted molar refractivity (Wildman–Crippen MR) is 119 cm³/mol. The molecule has 1 fully saturated rings. The van der Waals surface area contributed by atoms with Crippen molar-refractivity contribution in [3.63, 3.8) is 0 Å². The third-order valence-electron chi connectivity index (χ3n) is 4.45. The van der Waals surface area contributed by atoms with Gasteiger partial charge in [-0.05, 0) is 38.7 Å². The first-order chi connectivity index (χ1) is 12.7. The maximum atomic E-state index is 11.8. The number of nitrogens with one attached hydrogen (secondary N) is 2. The lowest BCUT2D eigenvalue weighted by atomic mass is 10.3. The normalized spacial score (nSPS) is 16.8. The lowest BCUT2D eigenvalue weighted by Crippen LogP contribution is -2.38. The molecule has 0 aromatic carbocycles. The second-order valence-corrected chi connectivity index (χ2v) is 6.50. The largest absolute Gasteiger partial charge is 0.379 e. The van der Waals surface area contributed by atoms with E-state index >= 15 is 0 Å². The van der Waals surface area contributed by atoms with Gasteiger partial charge in [0.05, 0.1) is 12.7 Å². The number of halogens is 1. The van der Waals surface area contributed by atoms with Gasteiger partial charge in [-0.1, -0.05) is 6.07 Å². The first-order valence-electron chi connectivity index (χ1n) is 9.51. The van der Waals surface area contributed by atoms with Crippen molar-refractivity contribution >= 4 is 29.9 Å². The van der Waals surface area contributed by atoms with Gasteiger partial charge < -0.3 is 24.7 Å². The van der Waals surface area contributed by atoms with Crippen LogP contribution in [-0.2, 0) is 16.0 Å². The van der Waals surface area contributed by atoms with E-state index in [2.05, 4.69) is 15.6 Å². The van der Waals surface area contributed by atoms with Gasteiger partial charge in [-0.25, -0.2) is 0 Å². The van der Waals surface area contributed by atoms with Gasteiger partial charge in [0.2, 0.25) is 0 Å². The predicted octanol–water partition coefficient (Wildman–Crippen LogP) is 1.92. The van der Waals surface area contributed by atoms with E-state index in [1.807, 2.05) is 17.6 Å². The standard InChI is InChI=1S/C19H32N4O3.HI/c1-16-7-5-8-18(24)23(16)12-4-3-10-21-19(20-2)22-11-6-13-26-17-9-14-25-15-17;/h5,7-8,17H,3-4,6,9-15H2,1-2H3,(H2,20,21,22);1H. The Labute approximate surface area is 178 Å². The highest BCUT2D eigenvalue weighted by molar-refractivity contribution is 14.0. The number of hydrogen-bond acceptors (Lipinski definition) is 4. The topological polar surface area (TPSA) is 76.9 Å². The van der Waals surface area contributed by atoms with Crippen LogP contribution in [0.5, 0.6) is 0 Å². The molecule has 1 atom stereocenters. The van der Waals surface area contributed by atoms with Gasteiger partial charge in [0, 0.05) is 51.7 Å². The highest BCUT2D eigenvalue weighted by atomic mass is 127. The van der Waals surface area contributed by atoms with Crippen LogP contribution in [0.25, 0.3) is 0 Å². The lowest BCUT2D eigenvalue weighted by Gasteiger charge is -2.13. The Hall–Kier alpha value is -1.13. The third kappa shape index (κ3) is 9.07. The molecular formula is C19H33IN4O3. The van der Waals surface area contributed by atoms with Crippen LogP contribution < -0.4 is 16.2 Å². The first kappa shape index (κ1) is 23.9. The van der Waals surface area contributed by atoms with E-state index in [1.165, 1.54) is 0 Å². The molecule has 154 valence electrons. The number of aliphatic imine (C=N–C) groups is 1. The van der Waals surface area contributed by atoms with Gasteiger partial charge in [0.1, 0.15) is 0 Å². The van der Waals surface area contributed by atoms with E-state index in [9.17, 15) is 4.79 Å². The Morgan fingerprint density at radius 1 is 1.30 bits per heavy atom. The van der Waals surface area contributed by atoms with Gasteiger partial charge in [0.25, 0.3) is 5.56 Å². The second kappa shape index (κ2) is 14.0. The first-order valence-corrected chi connectivity index (χ1v) is 9.51. The van der Waals surface area contributed by atoms with Crippen LogP contribution in [0.3, 0.4) is 0 Å². The van der Waals surface area contributed by atoms with E-state index in [1.54, 1.807) is 19.2 Å². The van der Waals surface area contributed by atoms with Crippen LogP contribution >= 0.6 is 24.0 Å². The summed E-state index contributed by atoms with van der Waals surface area (Å²) in [5.41, 5.74) is 1.08. The number of aromatic nitrogens is 1. The Kier molecular flexibility index (Phi) is 12.4. The van der Waals surface area contributed by atoms with Crippen LogP contribution in [0, 0.1) is 6.92 Å². The average molecular weight is 492 g/mol. The molecule has 0 radical (unpaired) electrons. The van der Waals surface area contributed by atoms with Crippen molar-refractivity contribution in [2.24, 2.45) is 4.99 Å². The summed E-state index contributed by atoms with van der Waals surface area (Å²) in [7, 11) is 1.77. The number of nitrogens with zero attached hydrogens (tertiary/aromatic N) is 2. The third-order valence-corrected chi connectivity index (χ3v) is 4.45. The number of ether oxygens (including phenoxy) is 2. The molecule has 0 bridgehead atoms. The van der Waals surface area contributed by atoms with E-state index in [4.69, 9.17) is 9.47 Å². The minimum Gasteiger partial charge on any atom is -0.379 e. The molecule has 0 spiro atoms. The molecule has 1 aromatic heterocycles. The second-order valence-electron chi connectivity index (χ2n) is 6.50. The number of unbranched alkanes of at least 4 members (excludes halogenated alkanes) is 1. The van der Waals surface area contributed by atoms with Gasteiger partial charge >= 0.3 is 0 Å². The zero-order valence-corrected chi connectivity index (χ0v) is 18.7. The van der Waals surface area contributed by atoms with Crippen LogP contribution in [0.2, 0.25) is 0 Å². The van der Waals surface area contributed by atoms with Crippen LogP contribution in [0.4, 0.5) is 0 Å². The van der Waals surface area contributed by atoms with Crippen molar-refractivity contribution in [3.8, 4) is 0 Å². The molecule has 1 unspecified atom stereocenters. The van der Waals surface area contributed by atoms with Crippen molar-refractivity contribution in [1.29, 1.82) is 0 Å². The number of aryl methyl sites for hydroxylation is 1. The summed E-state index contributed by atoms with van der Waals surface area (Å²) in [6.07, 6.45) is 4.14. The van der Waals surface area contributed by atoms with E-state index in [0.29, 0.717) is 0 Å². The van der Waals surface area contributed by atoms with Crippen LogP contribution in [0.15, 0.2) is 28.0 Å². The van der Waals surface area contributed by atoms with Crippen LogP contribution in [0.1, 0.15) is 31.4 Å². The molecule has 1 aliphatic heterocycles. The molecule has 2 rings (SSSR count). The number of pyridine rings is 1. The molecule has 2 heterocycles. The van der Waals surface area contributed by atoms with E-state index in [-0.39, 0.29) is 35.6 Å². The maximum Gasteiger partial charge on any atom is 0.250 e. The molecule has 1 saturated heterocycles. The molecule has 2 N–H and O–H groups in total. The molecular weight excluding hydrogens is 459 g/mol. The summed E-state index contributed by atoms with van der Waals surface area (Å²) in [6.45, 7) is 6.66. The highest BCUT2D eigenvalue weighted by Crippen LogP contribution is 2.07. The molecule has 7 nitrogen and oxygen atoms in total. The molecule has 27 heavy (non-hydrogen) atoms. The maximum absolute atomic E-state index is 11.8. The summed E-state index contributed by atoms with van der Waals surface area (Å²) in [5.74, 6) is 0.808. The monoisotopic (exact) mass is 492 g/mol. The smallest absolute Gasteiger partial charge is 0.250 e. The molecule has 0 aliphatic carbocycles. The van der Waals surface area contributed by atoms with E-state index in [0.717, 1.165) is 76.8 Å². The fraction of sp³-hybridized carbons (Fsp3) is 0.684. The Morgan fingerprint density at radius 3 is 2.74 bits per heavy atom. The zero-order valence-electron chi connectivity index (χ0n) is 16.4. The molecule has 8 heteroatoms. The quantitative estimate of drug-likeness (QED) is 0.226. The number of hydrogen-bond donors (Lipinski definition) is 2. The fourth-order valence-electron chi connectivity index (χ4n) is 2.91. The fourth-order valence-corrected chi connectivity index (χ4v) is 2.91. The molecule has 0 saturated carbocycles. The van der Waals surface area contributed by atoms with Gasteiger partial charge in [-0.15, -0.1) is 24.0 Å². The minimum atomic E-state index is 0. The van der Waals surface area contributed by atoms with Crippen molar-refractivity contribution < 1.29 is 9.47 Å². The van der Waals surface area contributed by atoms with Crippen molar-refractivity contribution in [3.05, 3.63) is 34.2 Å². The Balaban J connectivity index is 0.00000364. The van der Waals surface area contributed by atoms with Crippen LogP contribution in [-0.4, -0.2) is 56.6 Å². The highest BCUT2D eigenvalue weighted by Gasteiger charge is 2.15. The van der Waals surface area contributed by atoms with Gasteiger partial charge in [0.15, 0.2) is 5.96 Å². The van der Waals surface area contributed by atoms with Crippen molar-refractivity contribution in [2.45, 2.75) is 45.3 Å².